The maximum atomic E-state index is 13.2. The zero-order valence-electron chi connectivity index (χ0n) is 17.8. The van der Waals surface area contributed by atoms with Crippen molar-refractivity contribution >= 4 is 16.0 Å². The van der Waals surface area contributed by atoms with Gasteiger partial charge in [0.1, 0.15) is 0 Å². The molecule has 29 heavy (non-hydrogen) atoms. The van der Waals surface area contributed by atoms with Gasteiger partial charge < -0.3 is 21.3 Å². The minimum absolute atomic E-state index is 0.0152. The Morgan fingerprint density at radius 1 is 1.24 bits per heavy atom. The lowest BCUT2D eigenvalue weighted by atomic mass is 10.2. The number of sulfonamides is 1. The van der Waals surface area contributed by atoms with Crippen LogP contribution in [0.5, 0.6) is 0 Å². The quantitative estimate of drug-likeness (QED) is 0.234. The number of aryl methyl sites for hydroxylation is 1. The summed E-state index contributed by atoms with van der Waals surface area (Å²) in [5.74, 6) is 0.0152. The number of benzene rings is 1. The highest BCUT2D eigenvalue weighted by Crippen LogP contribution is 2.21. The lowest BCUT2D eigenvalue weighted by molar-refractivity contribution is 0.0232. The number of aliphatic imine (C=N–C) groups is 1. The Morgan fingerprint density at radius 3 is 2.48 bits per heavy atom. The average molecular weight is 429 g/mol. The Labute approximate surface area is 175 Å². The SMILES string of the molecule is CCCCOCC(O)CN(C(C)CCCN=C(N)N)S(=O)(=O)c1ccc(C)cc1. The molecule has 0 amide bonds. The Bertz CT molecular complexity index is 719. The van der Waals surface area contributed by atoms with E-state index in [1.807, 2.05) is 13.8 Å². The van der Waals surface area contributed by atoms with Gasteiger partial charge in [-0.25, -0.2) is 8.42 Å². The standard InChI is InChI=1S/C20H36N4O4S/c1-4-5-13-28-15-18(25)14-24(17(3)7-6-12-23-20(21)22)29(26,27)19-10-8-16(2)9-11-19/h8-11,17-18,25H,4-7,12-15H2,1-3H3,(H4,21,22,23). The predicted octanol–water partition coefficient (Wildman–Crippen LogP) is 1.61. The number of nitrogens with two attached hydrogens (primary N) is 2. The van der Waals surface area contributed by atoms with Gasteiger partial charge >= 0.3 is 0 Å². The van der Waals surface area contributed by atoms with E-state index in [0.29, 0.717) is 26.0 Å². The van der Waals surface area contributed by atoms with E-state index in [1.165, 1.54) is 4.31 Å². The van der Waals surface area contributed by atoms with Gasteiger partial charge in [0.25, 0.3) is 0 Å². The third kappa shape index (κ3) is 9.12. The molecule has 0 aromatic heterocycles. The fraction of sp³-hybridized carbons (Fsp3) is 0.650. The second-order valence-electron chi connectivity index (χ2n) is 7.27. The molecule has 0 radical (unpaired) electrons. The van der Waals surface area contributed by atoms with Crippen molar-refractivity contribution in [3.05, 3.63) is 29.8 Å². The van der Waals surface area contributed by atoms with E-state index in [9.17, 15) is 13.5 Å². The zero-order valence-corrected chi connectivity index (χ0v) is 18.6. The van der Waals surface area contributed by atoms with Crippen LogP contribution in [0, 0.1) is 6.92 Å². The molecule has 1 aromatic carbocycles. The Morgan fingerprint density at radius 2 is 1.90 bits per heavy atom. The lowest BCUT2D eigenvalue weighted by Crippen LogP contribution is -2.44. The molecule has 2 atom stereocenters. The van der Waals surface area contributed by atoms with Crippen molar-refractivity contribution in [1.82, 2.24) is 4.31 Å². The van der Waals surface area contributed by atoms with Crippen LogP contribution in [0.2, 0.25) is 0 Å². The topological polar surface area (TPSA) is 131 Å². The minimum atomic E-state index is -3.77. The van der Waals surface area contributed by atoms with Gasteiger partial charge in [-0.15, -0.1) is 0 Å². The van der Waals surface area contributed by atoms with E-state index in [4.69, 9.17) is 16.2 Å². The highest BCUT2D eigenvalue weighted by atomic mass is 32.2. The normalized spacial score (nSPS) is 14.0. The van der Waals surface area contributed by atoms with Crippen molar-refractivity contribution in [2.75, 3.05) is 26.3 Å². The van der Waals surface area contributed by atoms with Gasteiger partial charge in [-0.3, -0.25) is 4.99 Å². The summed E-state index contributed by atoms with van der Waals surface area (Å²) < 4.78 is 33.3. The molecule has 0 saturated heterocycles. The van der Waals surface area contributed by atoms with Crippen molar-refractivity contribution in [3.8, 4) is 0 Å². The van der Waals surface area contributed by atoms with Gasteiger partial charge in [-0.1, -0.05) is 31.0 Å². The summed E-state index contributed by atoms with van der Waals surface area (Å²) in [6, 6.07) is 6.38. The second kappa shape index (κ2) is 12.8. The van der Waals surface area contributed by atoms with Gasteiger partial charge in [0.2, 0.25) is 10.0 Å². The first kappa shape index (κ1) is 25.4. The molecule has 0 saturated carbocycles. The van der Waals surface area contributed by atoms with E-state index in [1.54, 1.807) is 24.3 Å². The maximum Gasteiger partial charge on any atom is 0.243 e. The summed E-state index contributed by atoms with van der Waals surface area (Å²) in [5, 5.41) is 10.4. The molecule has 8 nitrogen and oxygen atoms in total. The molecule has 0 aliphatic heterocycles. The summed E-state index contributed by atoms with van der Waals surface area (Å²) in [6.45, 7) is 6.82. The Hall–Kier alpha value is -1.68. The highest BCUT2D eigenvalue weighted by Gasteiger charge is 2.30. The number of aliphatic hydroxyl groups excluding tert-OH is 1. The number of aliphatic hydroxyl groups is 1. The van der Waals surface area contributed by atoms with E-state index < -0.39 is 16.1 Å². The lowest BCUT2D eigenvalue weighted by Gasteiger charge is -2.30. The fourth-order valence-electron chi connectivity index (χ4n) is 2.83. The van der Waals surface area contributed by atoms with Gasteiger partial charge in [0, 0.05) is 25.7 Å². The smallest absolute Gasteiger partial charge is 0.243 e. The van der Waals surface area contributed by atoms with E-state index in [2.05, 4.69) is 11.9 Å². The second-order valence-corrected chi connectivity index (χ2v) is 9.16. The first-order valence-corrected chi connectivity index (χ1v) is 11.5. The Kier molecular flexibility index (Phi) is 11.2. The fourth-order valence-corrected chi connectivity index (χ4v) is 4.52. The molecule has 0 aliphatic carbocycles. The zero-order chi connectivity index (χ0) is 21.9. The maximum absolute atomic E-state index is 13.2. The van der Waals surface area contributed by atoms with Crippen molar-refractivity contribution in [2.24, 2.45) is 16.5 Å². The molecule has 1 aromatic rings. The number of rotatable bonds is 14. The van der Waals surface area contributed by atoms with Crippen LogP contribution in [0.15, 0.2) is 34.2 Å². The molecule has 1 rings (SSSR count). The van der Waals surface area contributed by atoms with Gasteiger partial charge in [-0.05, 0) is 45.2 Å². The largest absolute Gasteiger partial charge is 0.389 e. The van der Waals surface area contributed by atoms with Crippen molar-refractivity contribution in [1.29, 1.82) is 0 Å². The van der Waals surface area contributed by atoms with Crippen LogP contribution in [-0.2, 0) is 14.8 Å². The third-order valence-corrected chi connectivity index (χ3v) is 6.53. The van der Waals surface area contributed by atoms with E-state index in [0.717, 1.165) is 18.4 Å². The van der Waals surface area contributed by atoms with Crippen LogP contribution in [0.1, 0.15) is 45.1 Å². The molecule has 5 N–H and O–H groups in total. The molecule has 0 bridgehead atoms. The van der Waals surface area contributed by atoms with Crippen molar-refractivity contribution < 1.29 is 18.3 Å². The van der Waals surface area contributed by atoms with Crippen LogP contribution >= 0.6 is 0 Å². The third-order valence-electron chi connectivity index (χ3n) is 4.54. The molecular formula is C20H36N4O4S. The van der Waals surface area contributed by atoms with Crippen LogP contribution in [0.3, 0.4) is 0 Å². The molecular weight excluding hydrogens is 392 g/mol. The van der Waals surface area contributed by atoms with Gasteiger partial charge in [0.05, 0.1) is 17.6 Å². The van der Waals surface area contributed by atoms with Crippen LogP contribution < -0.4 is 11.5 Å². The number of hydrogen-bond donors (Lipinski definition) is 3. The van der Waals surface area contributed by atoms with Crippen molar-refractivity contribution in [3.63, 3.8) is 0 Å². The Balaban J connectivity index is 2.91. The summed E-state index contributed by atoms with van der Waals surface area (Å²) in [5.41, 5.74) is 11.6. The molecule has 166 valence electrons. The van der Waals surface area contributed by atoms with Gasteiger partial charge in [0.15, 0.2) is 5.96 Å². The average Bonchev–Trinajstić information content (AvgIpc) is 2.66. The van der Waals surface area contributed by atoms with Crippen LogP contribution in [-0.4, -0.2) is 62.2 Å². The molecule has 0 aliphatic rings. The van der Waals surface area contributed by atoms with Gasteiger partial charge in [-0.2, -0.15) is 4.31 Å². The van der Waals surface area contributed by atoms with Crippen LogP contribution in [0.25, 0.3) is 0 Å². The van der Waals surface area contributed by atoms with E-state index in [-0.39, 0.29) is 30.0 Å². The minimum Gasteiger partial charge on any atom is -0.389 e. The monoisotopic (exact) mass is 428 g/mol. The van der Waals surface area contributed by atoms with Crippen molar-refractivity contribution in [2.45, 2.75) is 63.5 Å². The molecule has 0 spiro atoms. The highest BCUT2D eigenvalue weighted by molar-refractivity contribution is 7.89. The summed E-state index contributed by atoms with van der Waals surface area (Å²) >= 11 is 0. The number of guanidine groups is 1. The first-order chi connectivity index (χ1) is 13.7. The van der Waals surface area contributed by atoms with E-state index >= 15 is 0 Å². The number of unbranched alkanes of at least 4 members (excludes halogenated alkanes) is 1. The molecule has 0 heterocycles. The summed E-state index contributed by atoms with van der Waals surface area (Å²) in [4.78, 5) is 4.15. The summed E-state index contributed by atoms with van der Waals surface area (Å²) in [7, 11) is -3.77. The molecule has 2 unspecified atom stereocenters. The predicted molar refractivity (Wildman–Crippen MR) is 116 cm³/mol. The number of ether oxygens (including phenoxy) is 1. The molecule has 0 fully saturated rings. The first-order valence-electron chi connectivity index (χ1n) is 10.1. The number of nitrogens with zero attached hydrogens (tertiary/aromatic N) is 2. The van der Waals surface area contributed by atoms with Crippen LogP contribution in [0.4, 0.5) is 0 Å². The molecule has 9 heteroatoms. The summed E-state index contributed by atoms with van der Waals surface area (Å²) in [6.07, 6.45) is 2.18. The number of hydrogen-bond acceptors (Lipinski definition) is 5.